The summed E-state index contributed by atoms with van der Waals surface area (Å²) in [5.74, 6) is 0. The molecule has 0 fully saturated rings. The third kappa shape index (κ3) is 2.84. The quantitative estimate of drug-likeness (QED) is 0.302. The Kier molecular flexibility index (Phi) is 4.22. The molecular weight excluding hydrogens is 383 g/mol. The van der Waals surface area contributed by atoms with E-state index in [1.54, 1.807) is 60.7 Å². The van der Waals surface area contributed by atoms with Crippen LogP contribution in [0, 0.1) is 0 Å². The van der Waals surface area contributed by atoms with E-state index < -0.39 is 10.4 Å². The summed E-state index contributed by atoms with van der Waals surface area (Å²) in [5.41, 5.74) is 0.842. The molecule has 0 N–H and O–H groups in total. The zero-order chi connectivity index (χ0) is 19.8. The van der Waals surface area contributed by atoms with Crippen LogP contribution < -0.4 is 5.43 Å². The summed E-state index contributed by atoms with van der Waals surface area (Å²) >= 11 is 0. The first kappa shape index (κ1) is 17.7. The van der Waals surface area contributed by atoms with E-state index in [1.165, 1.54) is 0 Å². The molecule has 0 amide bonds. The van der Waals surface area contributed by atoms with Gasteiger partial charge in [0.2, 0.25) is 5.43 Å². The number of fused-ring (bicyclic) bond motifs is 2. The van der Waals surface area contributed by atoms with Crippen molar-refractivity contribution in [3.8, 4) is 0 Å². The van der Waals surface area contributed by atoms with Crippen LogP contribution in [-0.2, 0) is 0 Å². The van der Waals surface area contributed by atoms with E-state index in [-0.39, 0.29) is 5.43 Å². The van der Waals surface area contributed by atoms with Crippen molar-refractivity contribution in [2.75, 3.05) is 0 Å². The lowest BCUT2D eigenvalue weighted by molar-refractivity contribution is 0.659. The standard InChI is InChI=1S/C25H17FO2S/c26-29(18-9-3-1-4-10-18,19-11-5-2-6-12-19)20-15-16-24-22(17-20)25(27)21-13-7-8-14-23(21)28-24/h1-17H. The lowest BCUT2D eigenvalue weighted by atomic mass is 10.1. The normalized spacial score (nSPS) is 12.3. The highest BCUT2D eigenvalue weighted by atomic mass is 32.3. The highest BCUT2D eigenvalue weighted by Crippen LogP contribution is 2.69. The zero-order valence-corrected chi connectivity index (χ0v) is 16.2. The molecule has 4 heteroatoms. The van der Waals surface area contributed by atoms with Gasteiger partial charge in [0, 0.05) is 14.7 Å². The molecule has 0 spiro atoms. The van der Waals surface area contributed by atoms with E-state index >= 15 is 3.89 Å². The SMILES string of the molecule is O=c1c2ccccc2oc2ccc(S(F)(c3ccccc3)c3ccccc3)cc12. The van der Waals surface area contributed by atoms with E-state index in [0.29, 0.717) is 36.6 Å². The van der Waals surface area contributed by atoms with Crippen LogP contribution in [0.3, 0.4) is 0 Å². The number of hydrogen-bond acceptors (Lipinski definition) is 2. The molecule has 0 atom stereocenters. The molecule has 0 aliphatic rings. The van der Waals surface area contributed by atoms with Crippen molar-refractivity contribution in [1.82, 2.24) is 0 Å². The van der Waals surface area contributed by atoms with Gasteiger partial charge in [0.1, 0.15) is 11.2 Å². The van der Waals surface area contributed by atoms with Gasteiger partial charge in [-0.15, -0.1) is 0 Å². The van der Waals surface area contributed by atoms with Gasteiger partial charge in [-0.25, -0.2) is 0 Å². The van der Waals surface area contributed by atoms with Gasteiger partial charge in [0.25, 0.3) is 0 Å². The third-order valence-corrected chi connectivity index (χ3v) is 7.76. The number of hydrogen-bond donors (Lipinski definition) is 0. The molecule has 1 aromatic heterocycles. The average Bonchev–Trinajstić information content (AvgIpc) is 2.80. The summed E-state index contributed by atoms with van der Waals surface area (Å²) in [4.78, 5) is 14.7. The average molecular weight is 400 g/mol. The van der Waals surface area contributed by atoms with Gasteiger partial charge in [0.15, 0.2) is 0 Å². The van der Waals surface area contributed by atoms with Crippen LogP contribution in [0.5, 0.6) is 0 Å². The molecule has 1 heterocycles. The molecule has 142 valence electrons. The van der Waals surface area contributed by atoms with Crippen LogP contribution in [0.25, 0.3) is 21.9 Å². The zero-order valence-electron chi connectivity index (χ0n) is 15.4. The largest absolute Gasteiger partial charge is 0.456 e. The van der Waals surface area contributed by atoms with Crippen molar-refractivity contribution in [1.29, 1.82) is 0 Å². The first-order chi connectivity index (χ1) is 14.2. The summed E-state index contributed by atoms with van der Waals surface area (Å²) in [6, 6.07) is 30.5. The monoisotopic (exact) mass is 400 g/mol. The lowest BCUT2D eigenvalue weighted by Crippen LogP contribution is -2.04. The molecule has 2 nitrogen and oxygen atoms in total. The summed E-state index contributed by atoms with van der Waals surface area (Å²) in [5, 5.41) is 0.888. The molecule has 0 aliphatic carbocycles. The van der Waals surface area contributed by atoms with E-state index in [0.717, 1.165) is 0 Å². The Hall–Kier alpha value is -3.37. The fraction of sp³-hybridized carbons (Fsp3) is 0. The first-order valence-corrected chi connectivity index (χ1v) is 10.8. The predicted molar refractivity (Wildman–Crippen MR) is 116 cm³/mol. The summed E-state index contributed by atoms with van der Waals surface area (Å²) in [7, 11) is -3.02. The van der Waals surface area contributed by atoms with Crippen molar-refractivity contribution < 1.29 is 8.30 Å². The molecule has 5 aromatic rings. The van der Waals surface area contributed by atoms with Gasteiger partial charge in [-0.1, -0.05) is 48.5 Å². The van der Waals surface area contributed by atoms with Crippen molar-refractivity contribution in [2.24, 2.45) is 0 Å². The Morgan fingerprint density at radius 3 is 1.79 bits per heavy atom. The highest BCUT2D eigenvalue weighted by Gasteiger charge is 2.31. The fourth-order valence-electron chi connectivity index (χ4n) is 3.58. The topological polar surface area (TPSA) is 30.2 Å². The maximum Gasteiger partial charge on any atom is 0.200 e. The van der Waals surface area contributed by atoms with E-state index in [2.05, 4.69) is 0 Å². The first-order valence-electron chi connectivity index (χ1n) is 9.27. The van der Waals surface area contributed by atoms with E-state index in [9.17, 15) is 4.79 Å². The summed E-state index contributed by atoms with van der Waals surface area (Å²) in [6.07, 6.45) is 0. The van der Waals surface area contributed by atoms with Crippen LogP contribution in [0.1, 0.15) is 0 Å². The molecule has 4 aromatic carbocycles. The Morgan fingerprint density at radius 1 is 0.586 bits per heavy atom. The maximum absolute atomic E-state index is 16.9. The lowest BCUT2D eigenvalue weighted by Gasteiger charge is -2.32. The van der Waals surface area contributed by atoms with Gasteiger partial charge in [-0.3, -0.25) is 4.79 Å². The van der Waals surface area contributed by atoms with Gasteiger partial charge < -0.3 is 4.42 Å². The Balaban J connectivity index is 1.82. The summed E-state index contributed by atoms with van der Waals surface area (Å²) < 4.78 is 22.8. The molecule has 0 saturated heterocycles. The fourth-order valence-corrected chi connectivity index (χ4v) is 6.00. The Labute approximate surface area is 168 Å². The van der Waals surface area contributed by atoms with Crippen LogP contribution >= 0.6 is 10.4 Å². The number of para-hydroxylation sites is 1. The van der Waals surface area contributed by atoms with Crippen LogP contribution in [-0.4, -0.2) is 0 Å². The van der Waals surface area contributed by atoms with Crippen LogP contribution in [0.15, 0.2) is 127 Å². The third-order valence-electron chi connectivity index (χ3n) is 5.01. The van der Waals surface area contributed by atoms with Gasteiger partial charge in [-0.05, 0) is 65.0 Å². The van der Waals surface area contributed by atoms with E-state index in [4.69, 9.17) is 4.42 Å². The number of rotatable bonds is 3. The molecule has 0 aliphatic heterocycles. The molecule has 29 heavy (non-hydrogen) atoms. The predicted octanol–water partition coefficient (Wildman–Crippen LogP) is 7.11. The van der Waals surface area contributed by atoms with Gasteiger partial charge >= 0.3 is 0 Å². The maximum atomic E-state index is 16.9. The second-order valence-corrected chi connectivity index (χ2v) is 9.24. The smallest absolute Gasteiger partial charge is 0.200 e. The second kappa shape index (κ2) is 6.90. The van der Waals surface area contributed by atoms with Gasteiger partial charge in [-0.2, -0.15) is 3.89 Å². The summed E-state index contributed by atoms with van der Waals surface area (Å²) in [6.45, 7) is 0. The number of benzene rings is 4. The minimum atomic E-state index is -3.02. The van der Waals surface area contributed by atoms with Crippen molar-refractivity contribution in [3.63, 3.8) is 0 Å². The van der Waals surface area contributed by atoms with Crippen molar-refractivity contribution in [3.05, 3.63) is 113 Å². The molecule has 0 radical (unpaired) electrons. The second-order valence-electron chi connectivity index (χ2n) is 6.75. The Bertz CT molecular complexity index is 1340. The minimum absolute atomic E-state index is 0.147. The van der Waals surface area contributed by atoms with Crippen LogP contribution in [0.2, 0.25) is 0 Å². The van der Waals surface area contributed by atoms with Gasteiger partial charge in [0.05, 0.1) is 10.8 Å². The van der Waals surface area contributed by atoms with Crippen LogP contribution in [0.4, 0.5) is 3.89 Å². The highest BCUT2D eigenvalue weighted by molar-refractivity contribution is 8.29. The molecule has 0 bridgehead atoms. The number of halogens is 1. The Morgan fingerprint density at radius 2 is 1.14 bits per heavy atom. The minimum Gasteiger partial charge on any atom is -0.456 e. The van der Waals surface area contributed by atoms with Crippen molar-refractivity contribution in [2.45, 2.75) is 14.7 Å². The van der Waals surface area contributed by atoms with E-state index in [1.807, 2.05) is 42.5 Å². The molecule has 0 saturated carbocycles. The molecular formula is C25H17FO2S. The molecule has 5 rings (SSSR count). The molecule has 0 unspecified atom stereocenters. The van der Waals surface area contributed by atoms with Crippen molar-refractivity contribution >= 4 is 32.4 Å².